The molecule has 4 heteroatoms. The van der Waals surface area contributed by atoms with Crippen molar-refractivity contribution in [3.8, 4) is 0 Å². The van der Waals surface area contributed by atoms with Gasteiger partial charge in [0, 0.05) is 39.3 Å². The molecule has 94 valence electrons. The van der Waals surface area contributed by atoms with E-state index in [1.165, 1.54) is 0 Å². The van der Waals surface area contributed by atoms with Gasteiger partial charge in [0.05, 0.1) is 5.69 Å². The lowest BCUT2D eigenvalue weighted by Gasteiger charge is -2.18. The van der Waals surface area contributed by atoms with Crippen molar-refractivity contribution in [2.24, 2.45) is 13.0 Å². The Labute approximate surface area is 102 Å². The van der Waals surface area contributed by atoms with Crippen LogP contribution in [0.2, 0.25) is 0 Å². The van der Waals surface area contributed by atoms with Gasteiger partial charge in [0.1, 0.15) is 6.29 Å². The van der Waals surface area contributed by atoms with Crippen molar-refractivity contribution in [2.75, 3.05) is 19.0 Å². The number of rotatable bonds is 5. The van der Waals surface area contributed by atoms with Crippen molar-refractivity contribution < 1.29 is 4.79 Å². The molecule has 4 nitrogen and oxygen atoms in total. The molecule has 0 aromatic carbocycles. The maximum Gasteiger partial charge on any atom is 0.250 e. The van der Waals surface area contributed by atoms with E-state index >= 15 is 0 Å². The molecule has 0 saturated carbocycles. The number of anilines is 1. The first-order valence-electron chi connectivity index (χ1n) is 5.78. The van der Waals surface area contributed by atoms with Gasteiger partial charge in [-0.05, 0) is 18.4 Å². The summed E-state index contributed by atoms with van der Waals surface area (Å²) < 4.78 is 1.57. The summed E-state index contributed by atoms with van der Waals surface area (Å²) in [6.45, 7) is 1.89. The SMILES string of the molecule is CC(C=O)CCc1cc(=O)n(C)cc1N(C)C. The van der Waals surface area contributed by atoms with Gasteiger partial charge in [-0.15, -0.1) is 0 Å². The number of aldehydes is 1. The molecule has 0 N–H and O–H groups in total. The summed E-state index contributed by atoms with van der Waals surface area (Å²) in [6, 6.07) is 1.66. The lowest BCUT2D eigenvalue weighted by Crippen LogP contribution is -2.21. The highest BCUT2D eigenvalue weighted by Crippen LogP contribution is 2.18. The first kappa shape index (κ1) is 13.5. The van der Waals surface area contributed by atoms with Crippen LogP contribution in [0.1, 0.15) is 18.9 Å². The van der Waals surface area contributed by atoms with E-state index < -0.39 is 0 Å². The van der Waals surface area contributed by atoms with Gasteiger partial charge in [0.15, 0.2) is 0 Å². The molecule has 1 unspecified atom stereocenters. The molecule has 0 aliphatic carbocycles. The minimum Gasteiger partial charge on any atom is -0.376 e. The van der Waals surface area contributed by atoms with Crippen molar-refractivity contribution in [2.45, 2.75) is 19.8 Å². The van der Waals surface area contributed by atoms with Gasteiger partial charge >= 0.3 is 0 Å². The molecule has 1 aromatic heterocycles. The summed E-state index contributed by atoms with van der Waals surface area (Å²) in [5.74, 6) is 0.0362. The van der Waals surface area contributed by atoms with E-state index in [1.807, 2.05) is 32.1 Å². The number of carbonyl (C=O) groups excluding carboxylic acids is 1. The van der Waals surface area contributed by atoms with Crippen LogP contribution in [0.3, 0.4) is 0 Å². The van der Waals surface area contributed by atoms with E-state index in [4.69, 9.17) is 0 Å². The summed E-state index contributed by atoms with van der Waals surface area (Å²) in [4.78, 5) is 24.2. The Balaban J connectivity index is 3.00. The molecule has 0 bridgehead atoms. The minimum absolute atomic E-state index is 0.00986. The molecule has 0 spiro atoms. The highest BCUT2D eigenvalue weighted by atomic mass is 16.1. The second-order valence-electron chi connectivity index (χ2n) is 4.68. The van der Waals surface area contributed by atoms with Gasteiger partial charge in [0.2, 0.25) is 0 Å². The summed E-state index contributed by atoms with van der Waals surface area (Å²) in [5, 5.41) is 0. The number of hydrogen-bond acceptors (Lipinski definition) is 3. The molecule has 0 amide bonds. The maximum absolute atomic E-state index is 11.6. The first-order chi connectivity index (χ1) is 7.95. The van der Waals surface area contributed by atoms with E-state index in [0.29, 0.717) is 0 Å². The second kappa shape index (κ2) is 5.66. The highest BCUT2D eigenvalue weighted by molar-refractivity contribution is 5.54. The molecule has 0 radical (unpaired) electrons. The molecule has 0 fully saturated rings. The Kier molecular flexibility index (Phi) is 4.49. The summed E-state index contributed by atoms with van der Waals surface area (Å²) >= 11 is 0. The third kappa shape index (κ3) is 3.44. The van der Waals surface area contributed by atoms with Gasteiger partial charge in [-0.25, -0.2) is 0 Å². The highest BCUT2D eigenvalue weighted by Gasteiger charge is 2.09. The van der Waals surface area contributed by atoms with Crippen LogP contribution in [0.5, 0.6) is 0 Å². The average molecular weight is 236 g/mol. The van der Waals surface area contributed by atoms with Gasteiger partial charge in [-0.3, -0.25) is 4.79 Å². The van der Waals surface area contributed by atoms with Gasteiger partial charge < -0.3 is 14.3 Å². The fraction of sp³-hybridized carbons (Fsp3) is 0.538. The van der Waals surface area contributed by atoms with Crippen LogP contribution >= 0.6 is 0 Å². The first-order valence-corrected chi connectivity index (χ1v) is 5.78. The van der Waals surface area contributed by atoms with Crippen molar-refractivity contribution >= 4 is 12.0 Å². The normalized spacial score (nSPS) is 12.2. The van der Waals surface area contributed by atoms with Crippen LogP contribution in [0, 0.1) is 5.92 Å². The van der Waals surface area contributed by atoms with E-state index in [0.717, 1.165) is 30.4 Å². The average Bonchev–Trinajstić information content (AvgIpc) is 2.29. The van der Waals surface area contributed by atoms with Crippen LogP contribution in [0.4, 0.5) is 5.69 Å². The van der Waals surface area contributed by atoms with Gasteiger partial charge in [-0.1, -0.05) is 6.92 Å². The predicted octanol–water partition coefficient (Wildman–Crippen LogP) is 1.22. The van der Waals surface area contributed by atoms with Crippen molar-refractivity contribution in [1.82, 2.24) is 4.57 Å². The van der Waals surface area contributed by atoms with Gasteiger partial charge in [0.25, 0.3) is 5.56 Å². The Hall–Kier alpha value is -1.58. The fourth-order valence-corrected chi connectivity index (χ4v) is 1.71. The largest absolute Gasteiger partial charge is 0.376 e. The fourth-order valence-electron chi connectivity index (χ4n) is 1.71. The molecular formula is C13H20N2O2. The standard InChI is InChI=1S/C13H20N2O2/c1-10(9-16)5-6-11-7-13(17)15(4)8-12(11)14(2)3/h7-10H,5-6H2,1-4H3. The predicted molar refractivity (Wildman–Crippen MR) is 69.6 cm³/mol. The monoisotopic (exact) mass is 236 g/mol. The molecule has 1 aromatic rings. The maximum atomic E-state index is 11.6. The van der Waals surface area contributed by atoms with Crippen LogP contribution in [0.15, 0.2) is 17.1 Å². The van der Waals surface area contributed by atoms with Crippen LogP contribution in [0.25, 0.3) is 0 Å². The Morgan fingerprint density at radius 1 is 1.47 bits per heavy atom. The number of aryl methyl sites for hydroxylation is 2. The zero-order chi connectivity index (χ0) is 13.0. The minimum atomic E-state index is -0.00986. The van der Waals surface area contributed by atoms with Crippen LogP contribution in [-0.4, -0.2) is 24.9 Å². The third-order valence-corrected chi connectivity index (χ3v) is 2.87. The van der Waals surface area contributed by atoms with E-state index in [2.05, 4.69) is 0 Å². The second-order valence-corrected chi connectivity index (χ2v) is 4.68. The Morgan fingerprint density at radius 3 is 2.65 bits per heavy atom. The number of carbonyl (C=O) groups is 1. The van der Waals surface area contributed by atoms with Crippen LogP contribution < -0.4 is 10.5 Å². The van der Waals surface area contributed by atoms with E-state index in [-0.39, 0.29) is 11.5 Å². The molecule has 0 aliphatic heterocycles. The number of hydrogen-bond donors (Lipinski definition) is 0. The summed E-state index contributed by atoms with van der Waals surface area (Å²) in [6.07, 6.45) is 4.32. The Morgan fingerprint density at radius 2 is 2.12 bits per heavy atom. The molecule has 1 heterocycles. The number of nitrogens with zero attached hydrogens (tertiary/aromatic N) is 2. The molecule has 17 heavy (non-hydrogen) atoms. The van der Waals surface area contributed by atoms with Gasteiger partial charge in [-0.2, -0.15) is 0 Å². The lowest BCUT2D eigenvalue weighted by molar-refractivity contribution is -0.110. The smallest absolute Gasteiger partial charge is 0.250 e. The lowest BCUT2D eigenvalue weighted by atomic mass is 10.0. The number of aromatic nitrogens is 1. The quantitative estimate of drug-likeness (QED) is 0.722. The number of pyridine rings is 1. The molecule has 0 aliphatic rings. The molecule has 1 rings (SSSR count). The van der Waals surface area contributed by atoms with E-state index in [1.54, 1.807) is 17.7 Å². The molecular weight excluding hydrogens is 216 g/mol. The summed E-state index contributed by atoms with van der Waals surface area (Å²) in [5.41, 5.74) is 2.03. The summed E-state index contributed by atoms with van der Waals surface area (Å²) in [7, 11) is 5.64. The Bertz CT molecular complexity index is 449. The molecule has 0 saturated heterocycles. The van der Waals surface area contributed by atoms with E-state index in [9.17, 15) is 9.59 Å². The zero-order valence-electron chi connectivity index (χ0n) is 10.9. The topological polar surface area (TPSA) is 42.3 Å². The zero-order valence-corrected chi connectivity index (χ0v) is 10.9. The molecule has 1 atom stereocenters. The van der Waals surface area contributed by atoms with Crippen LogP contribution in [-0.2, 0) is 18.3 Å². The van der Waals surface area contributed by atoms with Crippen molar-refractivity contribution in [3.63, 3.8) is 0 Å². The third-order valence-electron chi connectivity index (χ3n) is 2.87. The van der Waals surface area contributed by atoms with Crippen molar-refractivity contribution in [1.29, 1.82) is 0 Å². The van der Waals surface area contributed by atoms with Crippen molar-refractivity contribution in [3.05, 3.63) is 28.2 Å².